The first-order valence-electron chi connectivity index (χ1n) is 28.4. The SMILES string of the molecule is CC.CN1CCN(Cc2cncc(-c3ccc4[nH]nc(C(=O)Nc5ccc(CN6CCCC6)nc5)c4c3)c2)CC1.CN1CCN(Cc2cncc(-c3ccc4[nH]nc(C(=O)Nc5ccc(CN6CCN(C)CC6)nc5)c4c3)c2)CC1. The minimum atomic E-state index is -0.265. The van der Waals surface area contributed by atoms with Crippen LogP contribution >= 0.6 is 0 Å². The van der Waals surface area contributed by atoms with Crippen LogP contribution in [0.25, 0.3) is 44.1 Å². The molecule has 8 aromatic rings. The number of aromatic amines is 2. The quantitative estimate of drug-likeness (QED) is 0.0842. The van der Waals surface area contributed by atoms with Gasteiger partial charge >= 0.3 is 0 Å². The largest absolute Gasteiger partial charge is 0.319 e. The Bertz CT molecular complexity index is 3290. The average molecular weight is 1080 g/mol. The van der Waals surface area contributed by atoms with Crippen LogP contribution in [0.5, 0.6) is 0 Å². The van der Waals surface area contributed by atoms with Gasteiger partial charge in [-0.15, -0.1) is 0 Å². The van der Waals surface area contributed by atoms with E-state index in [9.17, 15) is 9.59 Å². The number of nitrogens with one attached hydrogen (secondary N) is 4. The minimum Gasteiger partial charge on any atom is -0.319 e. The molecule has 4 saturated heterocycles. The first-order chi connectivity index (χ1) is 39.1. The van der Waals surface area contributed by atoms with Crippen molar-refractivity contribution in [3.8, 4) is 22.3 Å². The van der Waals surface area contributed by atoms with Gasteiger partial charge in [0, 0.05) is 151 Å². The number of hydrogen-bond acceptors (Lipinski definition) is 15. The topological polar surface area (TPSA) is 190 Å². The van der Waals surface area contributed by atoms with Gasteiger partial charge in [0.05, 0.1) is 46.2 Å². The molecule has 4 N–H and O–H groups in total. The van der Waals surface area contributed by atoms with Crippen LogP contribution in [0.4, 0.5) is 11.4 Å². The molecule has 4 aliphatic rings. The molecule has 19 nitrogen and oxygen atoms in total. The predicted molar refractivity (Wildman–Crippen MR) is 317 cm³/mol. The summed E-state index contributed by atoms with van der Waals surface area (Å²) in [7, 11) is 6.49. The zero-order valence-electron chi connectivity index (χ0n) is 47.2. The van der Waals surface area contributed by atoms with Crippen molar-refractivity contribution in [3.63, 3.8) is 0 Å². The fourth-order valence-corrected chi connectivity index (χ4v) is 10.7. The molecule has 6 aromatic heterocycles. The maximum atomic E-state index is 13.2. The zero-order chi connectivity index (χ0) is 55.4. The highest BCUT2D eigenvalue weighted by molar-refractivity contribution is 6.12. The molecule has 0 aliphatic carbocycles. The van der Waals surface area contributed by atoms with Gasteiger partial charge in [0.1, 0.15) is 0 Å². The van der Waals surface area contributed by atoms with Crippen molar-refractivity contribution in [1.82, 2.24) is 74.6 Å². The van der Waals surface area contributed by atoms with Gasteiger partial charge in [0.2, 0.25) is 0 Å². The van der Waals surface area contributed by atoms with Crippen LogP contribution in [0.3, 0.4) is 0 Å². The number of likely N-dealkylation sites (N-methyl/N-ethyl adjacent to an activating group) is 3. The number of benzene rings is 2. The summed E-state index contributed by atoms with van der Waals surface area (Å²) in [6.45, 7) is 22.6. The van der Waals surface area contributed by atoms with E-state index in [1.54, 1.807) is 12.4 Å². The fraction of sp³-hybridized carbons (Fsp3) is 0.410. The molecule has 2 aromatic carbocycles. The molecular formula is C61H77N17O2. The van der Waals surface area contributed by atoms with E-state index in [0.29, 0.717) is 22.8 Å². The van der Waals surface area contributed by atoms with Crippen molar-refractivity contribution in [2.75, 3.05) is 123 Å². The fourth-order valence-electron chi connectivity index (χ4n) is 10.7. The third-order valence-electron chi connectivity index (χ3n) is 15.5. The highest BCUT2D eigenvalue weighted by atomic mass is 16.2. The van der Waals surface area contributed by atoms with Crippen molar-refractivity contribution in [2.45, 2.75) is 52.9 Å². The molecule has 19 heteroatoms. The van der Waals surface area contributed by atoms with E-state index in [1.165, 1.54) is 24.0 Å². The van der Waals surface area contributed by atoms with Gasteiger partial charge in [-0.1, -0.05) is 26.0 Å². The highest BCUT2D eigenvalue weighted by Crippen LogP contribution is 2.29. The summed E-state index contributed by atoms with van der Waals surface area (Å²) in [4.78, 5) is 61.3. The number of rotatable bonds is 14. The van der Waals surface area contributed by atoms with Crippen molar-refractivity contribution in [2.24, 2.45) is 0 Å². The molecule has 0 bridgehead atoms. The molecule has 0 saturated carbocycles. The Hall–Kier alpha value is -7.36. The summed E-state index contributed by atoms with van der Waals surface area (Å²) < 4.78 is 0. The summed E-state index contributed by atoms with van der Waals surface area (Å²) in [6, 6.07) is 24.2. The molecule has 10 heterocycles. The van der Waals surface area contributed by atoms with Gasteiger partial charge < -0.3 is 25.3 Å². The number of H-pyrrole nitrogens is 2. The molecule has 2 amide bonds. The van der Waals surface area contributed by atoms with Crippen LogP contribution in [0.15, 0.2) is 110 Å². The van der Waals surface area contributed by atoms with Crippen LogP contribution in [0.2, 0.25) is 0 Å². The smallest absolute Gasteiger partial charge is 0.276 e. The van der Waals surface area contributed by atoms with E-state index in [2.05, 4.69) is 119 Å². The van der Waals surface area contributed by atoms with Crippen LogP contribution < -0.4 is 10.6 Å². The highest BCUT2D eigenvalue weighted by Gasteiger charge is 2.21. The third-order valence-corrected chi connectivity index (χ3v) is 15.5. The molecule has 0 atom stereocenters. The lowest BCUT2D eigenvalue weighted by molar-refractivity contribution is 0.101. The van der Waals surface area contributed by atoms with E-state index < -0.39 is 0 Å². The number of likely N-dealkylation sites (tertiary alicyclic amines) is 1. The lowest BCUT2D eigenvalue weighted by atomic mass is 10.0. The number of carbonyl (C=O) groups is 2. The number of aromatic nitrogens is 8. The van der Waals surface area contributed by atoms with Crippen molar-refractivity contribution >= 4 is 45.0 Å². The molecular weight excluding hydrogens is 1000 g/mol. The summed E-state index contributed by atoms with van der Waals surface area (Å²) in [6.07, 6.45) is 13.6. The van der Waals surface area contributed by atoms with Crippen LogP contribution in [0.1, 0.15) is 70.2 Å². The molecule has 4 fully saturated rings. The number of hydrogen-bond donors (Lipinski definition) is 4. The molecule has 4 aliphatic heterocycles. The first kappa shape index (κ1) is 55.9. The molecule has 418 valence electrons. The summed E-state index contributed by atoms with van der Waals surface area (Å²) in [5, 5.41) is 22.1. The second-order valence-corrected chi connectivity index (χ2v) is 21.5. The molecule has 0 unspecified atom stereocenters. The van der Waals surface area contributed by atoms with Gasteiger partial charge in [-0.2, -0.15) is 10.2 Å². The normalized spacial score (nSPS) is 17.2. The first-order valence-corrected chi connectivity index (χ1v) is 28.4. The summed E-state index contributed by atoms with van der Waals surface area (Å²) >= 11 is 0. The predicted octanol–water partition coefficient (Wildman–Crippen LogP) is 7.41. The van der Waals surface area contributed by atoms with Gasteiger partial charge in [0.15, 0.2) is 11.4 Å². The Morgan fingerprint density at radius 3 is 1.21 bits per heavy atom. The molecule has 0 spiro atoms. The number of fused-ring (bicyclic) bond motifs is 2. The van der Waals surface area contributed by atoms with Crippen molar-refractivity contribution in [1.29, 1.82) is 0 Å². The lowest BCUT2D eigenvalue weighted by Crippen LogP contribution is -2.43. The number of piperazine rings is 3. The monoisotopic (exact) mass is 1080 g/mol. The number of amides is 2. The number of carbonyl (C=O) groups excluding carboxylic acids is 2. The number of nitrogens with zero attached hydrogens (tertiary/aromatic N) is 13. The number of anilines is 2. The van der Waals surface area contributed by atoms with E-state index in [4.69, 9.17) is 0 Å². The van der Waals surface area contributed by atoms with Gasteiger partial charge in [-0.3, -0.25) is 59.3 Å². The zero-order valence-corrected chi connectivity index (χ0v) is 47.2. The van der Waals surface area contributed by atoms with Crippen LogP contribution in [-0.4, -0.2) is 199 Å². The van der Waals surface area contributed by atoms with Crippen LogP contribution in [-0.2, 0) is 26.2 Å². The van der Waals surface area contributed by atoms with E-state index in [1.807, 2.05) is 99.3 Å². The Morgan fingerprint density at radius 1 is 0.438 bits per heavy atom. The van der Waals surface area contributed by atoms with Crippen molar-refractivity contribution < 1.29 is 9.59 Å². The molecule has 0 radical (unpaired) electrons. The Kier molecular flexibility index (Phi) is 18.7. The average Bonchev–Trinajstić information content (AvgIpc) is 4.28. The second-order valence-electron chi connectivity index (χ2n) is 21.5. The molecule has 12 rings (SSSR count). The van der Waals surface area contributed by atoms with E-state index >= 15 is 0 Å². The second kappa shape index (κ2) is 26.7. The Labute approximate surface area is 469 Å². The summed E-state index contributed by atoms with van der Waals surface area (Å²) in [5.41, 5.74) is 12.1. The Morgan fingerprint density at radius 2 is 0.825 bits per heavy atom. The molecule has 80 heavy (non-hydrogen) atoms. The number of pyridine rings is 4. The van der Waals surface area contributed by atoms with Gasteiger partial charge in [-0.05, 0) is 130 Å². The minimum absolute atomic E-state index is 0.260. The standard InChI is InChI=1S/C30H37N9O.C29H34N8O.C2H6/c1-36-7-11-38(12-8-36)20-22-15-24(18-31-17-22)23-3-6-28-27(16-23)29(35-34-28)30(40)33-25-4-5-26(32-19-25)21-39-13-9-37(2)10-14-39;1-35-10-12-37(13-11-35)19-21-14-23(17-30-16-21)22-4-7-27-26(15-22)28(34-33-27)29(38)32-24-5-6-25(31-18-24)20-36-8-2-3-9-36;1-2/h3-6,15-19H,7-14,20-21H2,1-2H3,(H,33,40)(H,34,35);4-7,14-18H,2-3,8-13,19-20H2,1H3,(H,32,38)(H,33,34);1-2H3. The van der Waals surface area contributed by atoms with Crippen LogP contribution in [0, 0.1) is 0 Å². The van der Waals surface area contributed by atoms with E-state index in [-0.39, 0.29) is 11.8 Å². The lowest BCUT2D eigenvalue weighted by Gasteiger charge is -2.32. The Balaban J connectivity index is 0.000000175. The van der Waals surface area contributed by atoms with E-state index in [0.717, 1.165) is 173 Å². The third kappa shape index (κ3) is 14.5. The maximum Gasteiger partial charge on any atom is 0.276 e. The van der Waals surface area contributed by atoms with Gasteiger partial charge in [0.25, 0.3) is 11.8 Å². The van der Waals surface area contributed by atoms with Crippen molar-refractivity contribution in [3.05, 3.63) is 144 Å². The maximum absolute atomic E-state index is 13.2. The van der Waals surface area contributed by atoms with Gasteiger partial charge in [-0.25, -0.2) is 0 Å². The summed E-state index contributed by atoms with van der Waals surface area (Å²) in [5.74, 6) is -0.525.